The average Bonchev–Trinajstić information content (AvgIpc) is 2.55. The predicted octanol–water partition coefficient (Wildman–Crippen LogP) is 3.63. The first-order chi connectivity index (χ1) is 10.7. The summed E-state index contributed by atoms with van der Waals surface area (Å²) in [6.45, 7) is 2.49. The predicted molar refractivity (Wildman–Crippen MR) is 86.3 cm³/mol. The third-order valence-electron chi connectivity index (χ3n) is 2.90. The van der Waals surface area contributed by atoms with E-state index < -0.39 is 5.91 Å². The summed E-state index contributed by atoms with van der Waals surface area (Å²) < 4.78 is 5.34. The Hall–Kier alpha value is -3.06. The highest BCUT2D eigenvalue weighted by molar-refractivity contribution is 6.09. The van der Waals surface area contributed by atoms with Crippen LogP contribution in [0.15, 0.2) is 60.2 Å². The van der Waals surface area contributed by atoms with Crippen molar-refractivity contribution in [2.24, 2.45) is 0 Å². The zero-order chi connectivity index (χ0) is 15.8. The third kappa shape index (κ3) is 4.22. The number of carbonyl (C=O) groups is 1. The molecule has 22 heavy (non-hydrogen) atoms. The van der Waals surface area contributed by atoms with E-state index in [1.54, 1.807) is 30.3 Å². The molecule has 1 N–H and O–H groups in total. The van der Waals surface area contributed by atoms with Crippen molar-refractivity contribution >= 4 is 17.7 Å². The lowest BCUT2D eigenvalue weighted by atomic mass is 10.1. The lowest BCUT2D eigenvalue weighted by molar-refractivity contribution is -0.112. The Morgan fingerprint density at radius 1 is 1.18 bits per heavy atom. The molecular formula is C18H16N2O2. The van der Waals surface area contributed by atoms with Gasteiger partial charge in [-0.25, -0.2) is 0 Å². The topological polar surface area (TPSA) is 62.1 Å². The van der Waals surface area contributed by atoms with Gasteiger partial charge in [-0.3, -0.25) is 4.79 Å². The molecule has 0 aromatic heterocycles. The summed E-state index contributed by atoms with van der Waals surface area (Å²) in [5.74, 6) is 0.302. The molecule has 0 aliphatic carbocycles. The van der Waals surface area contributed by atoms with Crippen molar-refractivity contribution in [1.82, 2.24) is 0 Å². The quantitative estimate of drug-likeness (QED) is 0.676. The molecule has 0 atom stereocenters. The van der Waals surface area contributed by atoms with Gasteiger partial charge in [-0.1, -0.05) is 30.3 Å². The van der Waals surface area contributed by atoms with Gasteiger partial charge in [-0.15, -0.1) is 0 Å². The summed E-state index contributed by atoms with van der Waals surface area (Å²) in [5.41, 5.74) is 1.48. The van der Waals surface area contributed by atoms with E-state index in [0.29, 0.717) is 12.3 Å². The number of nitrogens with one attached hydrogen (secondary N) is 1. The Kier molecular flexibility index (Phi) is 5.33. The number of benzene rings is 2. The van der Waals surface area contributed by atoms with E-state index in [9.17, 15) is 4.79 Å². The maximum atomic E-state index is 12.1. The molecule has 0 saturated carbocycles. The van der Waals surface area contributed by atoms with E-state index in [-0.39, 0.29) is 5.57 Å². The number of carbonyl (C=O) groups excluding carboxylic acids is 1. The molecule has 0 fully saturated rings. The van der Waals surface area contributed by atoms with Crippen LogP contribution in [0.25, 0.3) is 6.08 Å². The molecule has 4 nitrogen and oxygen atoms in total. The Morgan fingerprint density at radius 3 is 2.45 bits per heavy atom. The number of hydrogen-bond donors (Lipinski definition) is 1. The SMILES string of the molecule is CCOc1ccc(NC(=O)/C(C#N)=C/c2ccccc2)cc1. The van der Waals surface area contributed by atoms with Gasteiger partial charge < -0.3 is 10.1 Å². The van der Waals surface area contributed by atoms with Gasteiger partial charge in [0.1, 0.15) is 17.4 Å². The minimum atomic E-state index is -0.435. The number of amides is 1. The first-order valence-corrected chi connectivity index (χ1v) is 6.94. The van der Waals surface area contributed by atoms with E-state index in [1.165, 1.54) is 0 Å². The summed E-state index contributed by atoms with van der Waals surface area (Å²) in [6.07, 6.45) is 1.56. The van der Waals surface area contributed by atoms with Crippen molar-refractivity contribution in [1.29, 1.82) is 5.26 Å². The molecule has 0 radical (unpaired) electrons. The maximum Gasteiger partial charge on any atom is 0.266 e. The molecule has 110 valence electrons. The van der Waals surface area contributed by atoms with E-state index in [4.69, 9.17) is 10.00 Å². The van der Waals surface area contributed by atoms with Gasteiger partial charge in [-0.05, 0) is 42.8 Å². The fraction of sp³-hybridized carbons (Fsp3) is 0.111. The van der Waals surface area contributed by atoms with Gasteiger partial charge in [-0.2, -0.15) is 5.26 Å². The molecule has 2 aromatic carbocycles. The highest BCUT2D eigenvalue weighted by Gasteiger charge is 2.09. The lowest BCUT2D eigenvalue weighted by Gasteiger charge is -2.06. The van der Waals surface area contributed by atoms with E-state index in [0.717, 1.165) is 11.3 Å². The number of rotatable bonds is 5. The second-order valence-electron chi connectivity index (χ2n) is 4.49. The third-order valence-corrected chi connectivity index (χ3v) is 2.90. The summed E-state index contributed by atoms with van der Waals surface area (Å²) >= 11 is 0. The van der Waals surface area contributed by atoms with Crippen molar-refractivity contribution < 1.29 is 9.53 Å². The largest absolute Gasteiger partial charge is 0.494 e. The molecule has 1 amide bonds. The molecule has 2 rings (SSSR count). The second kappa shape index (κ2) is 7.65. The van der Waals surface area contributed by atoms with Crippen molar-refractivity contribution in [2.75, 3.05) is 11.9 Å². The van der Waals surface area contributed by atoms with Crippen molar-refractivity contribution in [3.8, 4) is 11.8 Å². The summed E-state index contributed by atoms with van der Waals surface area (Å²) in [6, 6.07) is 18.2. The highest BCUT2D eigenvalue weighted by Crippen LogP contribution is 2.16. The van der Waals surface area contributed by atoms with Crippen molar-refractivity contribution in [3.63, 3.8) is 0 Å². The zero-order valence-corrected chi connectivity index (χ0v) is 12.2. The van der Waals surface area contributed by atoms with E-state index in [1.807, 2.05) is 43.3 Å². The first-order valence-electron chi connectivity index (χ1n) is 6.94. The monoisotopic (exact) mass is 292 g/mol. The number of ether oxygens (including phenoxy) is 1. The number of nitrogens with zero attached hydrogens (tertiary/aromatic N) is 1. The van der Waals surface area contributed by atoms with Crippen molar-refractivity contribution in [3.05, 3.63) is 65.7 Å². The highest BCUT2D eigenvalue weighted by atomic mass is 16.5. The first kappa shape index (κ1) is 15.3. The van der Waals surface area contributed by atoms with Gasteiger partial charge in [0.25, 0.3) is 5.91 Å². The van der Waals surface area contributed by atoms with Crippen LogP contribution in [0, 0.1) is 11.3 Å². The van der Waals surface area contributed by atoms with E-state index in [2.05, 4.69) is 5.32 Å². The van der Waals surface area contributed by atoms with Gasteiger partial charge in [0.2, 0.25) is 0 Å². The molecule has 0 heterocycles. The minimum absolute atomic E-state index is 0.0556. The number of hydrogen-bond acceptors (Lipinski definition) is 3. The van der Waals surface area contributed by atoms with Crippen LogP contribution in [0.1, 0.15) is 12.5 Å². The van der Waals surface area contributed by atoms with Gasteiger partial charge in [0.15, 0.2) is 0 Å². The standard InChI is InChI=1S/C18H16N2O2/c1-2-22-17-10-8-16(9-11-17)20-18(21)15(13-19)12-14-6-4-3-5-7-14/h3-12H,2H2,1H3,(H,20,21)/b15-12+. The molecule has 2 aromatic rings. The van der Waals surface area contributed by atoms with Crippen LogP contribution in [0.3, 0.4) is 0 Å². The van der Waals surface area contributed by atoms with Crippen LogP contribution < -0.4 is 10.1 Å². The molecule has 0 bridgehead atoms. The van der Waals surface area contributed by atoms with Crippen LogP contribution in [-0.2, 0) is 4.79 Å². The zero-order valence-electron chi connectivity index (χ0n) is 12.2. The van der Waals surface area contributed by atoms with Gasteiger partial charge >= 0.3 is 0 Å². The number of anilines is 1. The van der Waals surface area contributed by atoms with Crippen LogP contribution in [0.2, 0.25) is 0 Å². The van der Waals surface area contributed by atoms with Crippen LogP contribution >= 0.6 is 0 Å². The smallest absolute Gasteiger partial charge is 0.266 e. The Bertz CT molecular complexity index is 698. The van der Waals surface area contributed by atoms with Crippen molar-refractivity contribution in [2.45, 2.75) is 6.92 Å². The fourth-order valence-electron chi connectivity index (χ4n) is 1.86. The summed E-state index contributed by atoms with van der Waals surface area (Å²) in [5, 5.41) is 11.8. The lowest BCUT2D eigenvalue weighted by Crippen LogP contribution is -2.13. The van der Waals surface area contributed by atoms with Crippen LogP contribution in [0.5, 0.6) is 5.75 Å². The summed E-state index contributed by atoms with van der Waals surface area (Å²) in [4.78, 5) is 12.1. The Balaban J connectivity index is 2.10. The molecule has 0 spiro atoms. The maximum absolute atomic E-state index is 12.1. The van der Waals surface area contributed by atoms with Gasteiger partial charge in [0.05, 0.1) is 6.61 Å². The van der Waals surface area contributed by atoms with E-state index >= 15 is 0 Å². The summed E-state index contributed by atoms with van der Waals surface area (Å²) in [7, 11) is 0. The fourth-order valence-corrected chi connectivity index (χ4v) is 1.86. The molecule has 0 aliphatic rings. The minimum Gasteiger partial charge on any atom is -0.494 e. The molecular weight excluding hydrogens is 276 g/mol. The molecule has 0 unspecified atom stereocenters. The number of nitriles is 1. The molecule has 4 heteroatoms. The normalized spacial score (nSPS) is 10.6. The van der Waals surface area contributed by atoms with Crippen LogP contribution in [-0.4, -0.2) is 12.5 Å². The second-order valence-corrected chi connectivity index (χ2v) is 4.49. The van der Waals surface area contributed by atoms with Gasteiger partial charge in [0, 0.05) is 5.69 Å². The molecule has 0 saturated heterocycles. The van der Waals surface area contributed by atoms with Crippen LogP contribution in [0.4, 0.5) is 5.69 Å². The average molecular weight is 292 g/mol. The Labute approximate surface area is 129 Å². The molecule has 0 aliphatic heterocycles. The Morgan fingerprint density at radius 2 is 1.86 bits per heavy atom.